The molecule has 5 heteroatoms. The molecule has 2 rings (SSSR count). The fraction of sp³-hybridized carbons (Fsp3) is 0. The Balaban J connectivity index is 2.41. The lowest BCUT2D eigenvalue weighted by Gasteiger charge is -2.10. The molecule has 0 saturated heterocycles. The van der Waals surface area contributed by atoms with Gasteiger partial charge in [0.2, 0.25) is 5.75 Å². The minimum Gasteiger partial charge on any atom is -0.476 e. The maximum Gasteiger partial charge on any atom is 0.370 e. The Kier molecular flexibility index (Phi) is 1.00. The van der Waals surface area contributed by atoms with Gasteiger partial charge in [-0.3, -0.25) is 0 Å². The number of hydrogen-bond donors (Lipinski definition) is 2. The molecule has 2 N–H and O–H groups in total. The molecular formula is C6H4O5. The summed E-state index contributed by atoms with van der Waals surface area (Å²) >= 11 is 0. The number of aliphatic hydroxyl groups is 2. The van der Waals surface area contributed by atoms with Crippen LogP contribution in [0.1, 0.15) is 0 Å². The number of rotatable bonds is 0. The van der Waals surface area contributed by atoms with Gasteiger partial charge in [-0.15, -0.1) is 0 Å². The Morgan fingerprint density at radius 2 is 1.82 bits per heavy atom. The van der Waals surface area contributed by atoms with Gasteiger partial charge in [0.1, 0.15) is 0 Å². The van der Waals surface area contributed by atoms with Gasteiger partial charge in [-0.1, -0.05) is 0 Å². The maximum absolute atomic E-state index is 8.78. The van der Waals surface area contributed by atoms with E-state index in [1.807, 2.05) is 0 Å². The minimum atomic E-state index is -0.701. The van der Waals surface area contributed by atoms with Crippen LogP contribution < -0.4 is 9.47 Å². The molecule has 11 heavy (non-hydrogen) atoms. The molecule has 0 aromatic carbocycles. The van der Waals surface area contributed by atoms with Crippen LogP contribution in [0.5, 0.6) is 11.7 Å². The summed E-state index contributed by atoms with van der Waals surface area (Å²) in [6.45, 7) is 0. The average molecular weight is 156 g/mol. The number of fused-ring (bicyclic) bond motifs is 1. The monoisotopic (exact) mass is 156 g/mol. The summed E-state index contributed by atoms with van der Waals surface area (Å²) in [7, 11) is 0. The summed E-state index contributed by atoms with van der Waals surface area (Å²) < 4.78 is 14.0. The van der Waals surface area contributed by atoms with E-state index >= 15 is 0 Å². The molecule has 0 spiro atoms. The summed E-state index contributed by atoms with van der Waals surface area (Å²) in [6, 6.07) is 1.46. The Morgan fingerprint density at radius 3 is 2.64 bits per heavy atom. The highest BCUT2D eigenvalue weighted by atomic mass is 16.7. The maximum atomic E-state index is 8.78. The minimum absolute atomic E-state index is 0.0281. The Morgan fingerprint density at radius 1 is 1.09 bits per heavy atom. The van der Waals surface area contributed by atoms with E-state index in [1.165, 1.54) is 12.3 Å². The molecule has 0 bridgehead atoms. The van der Waals surface area contributed by atoms with Gasteiger partial charge in [-0.25, -0.2) is 0 Å². The van der Waals surface area contributed by atoms with Gasteiger partial charge in [0.15, 0.2) is 0 Å². The van der Waals surface area contributed by atoms with Gasteiger partial charge < -0.3 is 24.1 Å². The predicted molar refractivity (Wildman–Crippen MR) is 32.2 cm³/mol. The second-order valence-corrected chi connectivity index (χ2v) is 1.89. The molecule has 0 radical (unpaired) electrons. The SMILES string of the molecule is OC1=C(O)Oc2occc2O1. The lowest BCUT2D eigenvalue weighted by Crippen LogP contribution is -2.09. The second kappa shape index (κ2) is 1.85. The molecule has 0 atom stereocenters. The van der Waals surface area contributed by atoms with Crippen LogP contribution in [0.15, 0.2) is 28.6 Å². The molecule has 0 amide bonds. The van der Waals surface area contributed by atoms with Crippen molar-refractivity contribution in [2.75, 3.05) is 0 Å². The van der Waals surface area contributed by atoms with Gasteiger partial charge in [-0.2, -0.15) is 0 Å². The van der Waals surface area contributed by atoms with Crippen molar-refractivity contribution in [3.8, 4) is 11.7 Å². The first-order chi connectivity index (χ1) is 5.27. The van der Waals surface area contributed by atoms with E-state index in [9.17, 15) is 0 Å². The van der Waals surface area contributed by atoms with E-state index in [2.05, 4.69) is 9.47 Å². The van der Waals surface area contributed by atoms with Gasteiger partial charge in [-0.05, 0) is 0 Å². The second-order valence-electron chi connectivity index (χ2n) is 1.89. The smallest absolute Gasteiger partial charge is 0.370 e. The Hall–Kier alpha value is -1.78. The highest BCUT2D eigenvalue weighted by Gasteiger charge is 2.23. The van der Waals surface area contributed by atoms with Crippen LogP contribution in [0, 0.1) is 0 Å². The first kappa shape index (κ1) is 5.96. The first-order valence-corrected chi connectivity index (χ1v) is 2.83. The third kappa shape index (κ3) is 0.778. The molecule has 1 aliphatic rings. The molecule has 58 valence electrons. The molecule has 1 aromatic heterocycles. The van der Waals surface area contributed by atoms with Crippen molar-refractivity contribution in [2.24, 2.45) is 0 Å². The zero-order valence-electron chi connectivity index (χ0n) is 5.27. The summed E-state index contributed by atoms with van der Waals surface area (Å²) in [4.78, 5) is 0. The van der Waals surface area contributed by atoms with Crippen LogP contribution in [0.3, 0.4) is 0 Å². The van der Waals surface area contributed by atoms with Crippen molar-refractivity contribution >= 4 is 0 Å². The Labute approximate surface area is 61.1 Å². The number of ether oxygens (including phenoxy) is 2. The lowest BCUT2D eigenvalue weighted by molar-refractivity contribution is 0.0689. The van der Waals surface area contributed by atoms with E-state index in [0.717, 1.165) is 0 Å². The standard InChI is InChI=1S/C6H4O5/c7-4-5(8)11-6-3(10-4)1-2-9-6/h1-2,7-8H. The third-order valence-electron chi connectivity index (χ3n) is 1.17. The number of hydrogen-bond acceptors (Lipinski definition) is 5. The molecule has 1 aliphatic heterocycles. The molecule has 5 nitrogen and oxygen atoms in total. The van der Waals surface area contributed by atoms with Crippen molar-refractivity contribution in [1.29, 1.82) is 0 Å². The van der Waals surface area contributed by atoms with E-state index in [-0.39, 0.29) is 11.7 Å². The van der Waals surface area contributed by atoms with E-state index < -0.39 is 11.9 Å². The summed E-state index contributed by atoms with van der Waals surface area (Å²) in [6.07, 6.45) is 1.32. The molecular weight excluding hydrogens is 152 g/mol. The van der Waals surface area contributed by atoms with Crippen molar-refractivity contribution in [1.82, 2.24) is 0 Å². The van der Waals surface area contributed by atoms with Crippen molar-refractivity contribution in [3.05, 3.63) is 24.2 Å². The fourth-order valence-electron chi connectivity index (χ4n) is 0.713. The summed E-state index contributed by atoms with van der Waals surface area (Å²) in [5, 5.41) is 17.5. The van der Waals surface area contributed by atoms with Crippen LogP contribution in [-0.4, -0.2) is 10.2 Å². The fourth-order valence-corrected chi connectivity index (χ4v) is 0.713. The number of aliphatic hydroxyl groups excluding tert-OH is 2. The molecule has 0 saturated carbocycles. The first-order valence-electron chi connectivity index (χ1n) is 2.83. The molecule has 0 unspecified atom stereocenters. The van der Waals surface area contributed by atoms with Gasteiger partial charge >= 0.3 is 17.8 Å². The summed E-state index contributed by atoms with van der Waals surface area (Å²) in [5.74, 6) is -1.10. The normalized spacial score (nSPS) is 15.3. The molecule has 0 aliphatic carbocycles. The third-order valence-corrected chi connectivity index (χ3v) is 1.17. The number of furan rings is 1. The molecule has 2 heterocycles. The van der Waals surface area contributed by atoms with Crippen LogP contribution in [0.25, 0.3) is 0 Å². The quantitative estimate of drug-likeness (QED) is 0.592. The molecule has 1 aromatic rings. The highest BCUT2D eigenvalue weighted by Crippen LogP contribution is 2.34. The Bertz CT molecular complexity index is 282. The zero-order chi connectivity index (χ0) is 7.84. The largest absolute Gasteiger partial charge is 0.476 e. The predicted octanol–water partition coefficient (Wildman–Crippen LogP) is 1.29. The van der Waals surface area contributed by atoms with Crippen molar-refractivity contribution in [2.45, 2.75) is 0 Å². The lowest BCUT2D eigenvalue weighted by atomic mass is 10.5. The van der Waals surface area contributed by atoms with Gasteiger partial charge in [0, 0.05) is 6.07 Å². The van der Waals surface area contributed by atoms with Crippen molar-refractivity contribution in [3.63, 3.8) is 0 Å². The average Bonchev–Trinajstić information content (AvgIpc) is 2.36. The van der Waals surface area contributed by atoms with Gasteiger partial charge in [0.05, 0.1) is 6.26 Å². The van der Waals surface area contributed by atoms with Crippen molar-refractivity contribution < 1.29 is 24.1 Å². The summed E-state index contributed by atoms with van der Waals surface area (Å²) in [5.41, 5.74) is 0. The zero-order valence-corrected chi connectivity index (χ0v) is 5.27. The van der Waals surface area contributed by atoms with Crippen LogP contribution >= 0.6 is 0 Å². The van der Waals surface area contributed by atoms with Crippen LogP contribution in [-0.2, 0) is 0 Å². The highest BCUT2D eigenvalue weighted by molar-refractivity contribution is 5.34. The van der Waals surface area contributed by atoms with Gasteiger partial charge in [0.25, 0.3) is 0 Å². The van der Waals surface area contributed by atoms with E-state index in [4.69, 9.17) is 14.6 Å². The molecule has 0 fully saturated rings. The topological polar surface area (TPSA) is 72.1 Å². The van der Waals surface area contributed by atoms with Crippen LogP contribution in [0.4, 0.5) is 0 Å². The van der Waals surface area contributed by atoms with Crippen LogP contribution in [0.2, 0.25) is 0 Å². The van der Waals surface area contributed by atoms with E-state index in [0.29, 0.717) is 0 Å². The van der Waals surface area contributed by atoms with E-state index in [1.54, 1.807) is 0 Å².